The van der Waals surface area contributed by atoms with E-state index in [0.29, 0.717) is 25.6 Å². The average Bonchev–Trinajstić information content (AvgIpc) is 2.63. The number of carbonyl (C=O) groups is 1. The van der Waals surface area contributed by atoms with Gasteiger partial charge in [0.2, 0.25) is 0 Å². The zero-order valence-corrected chi connectivity index (χ0v) is 11.8. The number of hydrogen-bond donors (Lipinski definition) is 2. The van der Waals surface area contributed by atoms with E-state index in [4.69, 9.17) is 28.9 Å². The van der Waals surface area contributed by atoms with Crippen molar-refractivity contribution >= 4 is 51.8 Å². The van der Waals surface area contributed by atoms with Crippen molar-refractivity contribution in [2.24, 2.45) is 0 Å². The Balaban J connectivity index is 2.30. The lowest BCUT2D eigenvalue weighted by atomic mass is 10.1. The molecule has 2 rings (SSSR count). The fourth-order valence-corrected chi connectivity index (χ4v) is 3.00. The first-order chi connectivity index (χ1) is 8.49. The molecule has 3 nitrogen and oxygen atoms in total. The van der Waals surface area contributed by atoms with Crippen LogP contribution in [0.2, 0.25) is 8.67 Å². The Morgan fingerprint density at radius 1 is 1.39 bits per heavy atom. The van der Waals surface area contributed by atoms with E-state index in [2.05, 4.69) is 5.32 Å². The number of thiophene rings is 1. The predicted octanol–water partition coefficient (Wildman–Crippen LogP) is 4.20. The molecular formula is C12H10Cl2N2OS. The summed E-state index contributed by atoms with van der Waals surface area (Å²) >= 11 is 12.9. The first kappa shape index (κ1) is 13.2. The summed E-state index contributed by atoms with van der Waals surface area (Å²) in [5.41, 5.74) is 8.18. The molecule has 1 aromatic heterocycles. The van der Waals surface area contributed by atoms with E-state index in [1.54, 1.807) is 12.1 Å². The van der Waals surface area contributed by atoms with Gasteiger partial charge in [-0.1, -0.05) is 35.3 Å². The lowest BCUT2D eigenvalue weighted by molar-refractivity contribution is 0.102. The molecule has 0 atom stereocenters. The standard InChI is InChI=1S/C12H10Cl2N2OS/c1-6-3-2-4-8(15)10(6)16-12(17)7-5-9(13)18-11(7)14/h2-5H,15H2,1H3,(H,16,17). The van der Waals surface area contributed by atoms with Crippen molar-refractivity contribution in [3.63, 3.8) is 0 Å². The molecule has 3 N–H and O–H groups in total. The molecule has 0 aliphatic rings. The molecule has 0 fully saturated rings. The summed E-state index contributed by atoms with van der Waals surface area (Å²) < 4.78 is 0.840. The highest BCUT2D eigenvalue weighted by Crippen LogP contribution is 2.32. The van der Waals surface area contributed by atoms with Crippen LogP contribution in [0, 0.1) is 6.92 Å². The molecule has 6 heteroatoms. The third-order valence-corrected chi connectivity index (χ3v) is 3.93. The van der Waals surface area contributed by atoms with Crippen LogP contribution in [0.25, 0.3) is 0 Å². The number of nitrogen functional groups attached to an aromatic ring is 1. The van der Waals surface area contributed by atoms with E-state index in [-0.39, 0.29) is 5.91 Å². The fraction of sp³-hybridized carbons (Fsp3) is 0.0833. The van der Waals surface area contributed by atoms with E-state index in [9.17, 15) is 4.79 Å². The maximum Gasteiger partial charge on any atom is 0.258 e. The number of para-hydroxylation sites is 1. The lowest BCUT2D eigenvalue weighted by Crippen LogP contribution is -2.13. The van der Waals surface area contributed by atoms with Crippen LogP contribution in [0.15, 0.2) is 24.3 Å². The van der Waals surface area contributed by atoms with Crippen LogP contribution < -0.4 is 11.1 Å². The monoisotopic (exact) mass is 300 g/mol. The molecular weight excluding hydrogens is 291 g/mol. The van der Waals surface area contributed by atoms with E-state index in [1.165, 1.54) is 0 Å². The number of amides is 1. The van der Waals surface area contributed by atoms with Crippen LogP contribution >= 0.6 is 34.5 Å². The number of anilines is 2. The number of carbonyl (C=O) groups excluding carboxylic acids is 1. The van der Waals surface area contributed by atoms with Crippen LogP contribution in [-0.4, -0.2) is 5.91 Å². The molecule has 0 saturated heterocycles. The highest BCUT2D eigenvalue weighted by atomic mass is 35.5. The Labute approximate surface area is 119 Å². The van der Waals surface area contributed by atoms with Gasteiger partial charge in [0.15, 0.2) is 0 Å². The molecule has 2 aromatic rings. The van der Waals surface area contributed by atoms with Gasteiger partial charge in [-0.2, -0.15) is 0 Å². The zero-order chi connectivity index (χ0) is 13.3. The van der Waals surface area contributed by atoms with E-state index >= 15 is 0 Å². The second-order valence-electron chi connectivity index (χ2n) is 3.73. The summed E-state index contributed by atoms with van der Waals surface area (Å²) in [6.45, 7) is 1.87. The SMILES string of the molecule is Cc1cccc(N)c1NC(=O)c1cc(Cl)sc1Cl. The third kappa shape index (κ3) is 2.61. The molecule has 0 aliphatic carbocycles. The van der Waals surface area contributed by atoms with E-state index in [1.807, 2.05) is 19.1 Å². The minimum absolute atomic E-state index is 0.316. The molecule has 0 bridgehead atoms. The number of hydrogen-bond acceptors (Lipinski definition) is 3. The van der Waals surface area contributed by atoms with Crippen molar-refractivity contribution < 1.29 is 4.79 Å². The summed E-state index contributed by atoms with van der Waals surface area (Å²) in [6, 6.07) is 6.96. The first-order valence-electron chi connectivity index (χ1n) is 5.10. The average molecular weight is 301 g/mol. The fourth-order valence-electron chi connectivity index (χ4n) is 1.54. The van der Waals surface area contributed by atoms with Gasteiger partial charge in [-0.05, 0) is 24.6 Å². The minimum atomic E-state index is -0.316. The van der Waals surface area contributed by atoms with Gasteiger partial charge in [0, 0.05) is 0 Å². The molecule has 94 valence electrons. The van der Waals surface area contributed by atoms with Gasteiger partial charge in [-0.25, -0.2) is 0 Å². The molecule has 1 aromatic carbocycles. The summed E-state index contributed by atoms with van der Waals surface area (Å²) in [5.74, 6) is -0.316. The smallest absolute Gasteiger partial charge is 0.258 e. The van der Waals surface area contributed by atoms with Gasteiger partial charge >= 0.3 is 0 Å². The molecule has 0 radical (unpaired) electrons. The lowest BCUT2D eigenvalue weighted by Gasteiger charge is -2.10. The van der Waals surface area contributed by atoms with Crippen molar-refractivity contribution in [1.82, 2.24) is 0 Å². The molecule has 1 heterocycles. The van der Waals surface area contributed by atoms with Gasteiger partial charge in [0.05, 0.1) is 21.3 Å². The quantitative estimate of drug-likeness (QED) is 0.817. The number of benzene rings is 1. The van der Waals surface area contributed by atoms with Crippen molar-refractivity contribution in [3.05, 3.63) is 44.1 Å². The second-order valence-corrected chi connectivity index (χ2v) is 6.02. The van der Waals surface area contributed by atoms with Gasteiger partial charge < -0.3 is 11.1 Å². The Hall–Kier alpha value is -1.23. The Morgan fingerprint density at radius 2 is 2.11 bits per heavy atom. The van der Waals surface area contributed by atoms with Gasteiger partial charge in [-0.3, -0.25) is 4.79 Å². The summed E-state index contributed by atoms with van der Waals surface area (Å²) in [6.07, 6.45) is 0. The topological polar surface area (TPSA) is 55.1 Å². The zero-order valence-electron chi connectivity index (χ0n) is 9.46. The molecule has 0 unspecified atom stereocenters. The van der Waals surface area contributed by atoms with E-state index in [0.717, 1.165) is 16.9 Å². The number of nitrogens with one attached hydrogen (secondary N) is 1. The first-order valence-corrected chi connectivity index (χ1v) is 6.67. The van der Waals surface area contributed by atoms with Crippen molar-refractivity contribution in [2.45, 2.75) is 6.92 Å². The Morgan fingerprint density at radius 3 is 2.67 bits per heavy atom. The summed E-state index contributed by atoms with van der Waals surface area (Å²) in [5, 5.41) is 2.75. The van der Waals surface area contributed by atoms with Crippen LogP contribution in [0.3, 0.4) is 0 Å². The molecule has 0 spiro atoms. The number of aryl methyl sites for hydroxylation is 1. The highest BCUT2D eigenvalue weighted by molar-refractivity contribution is 7.20. The van der Waals surface area contributed by atoms with E-state index < -0.39 is 0 Å². The largest absolute Gasteiger partial charge is 0.397 e. The Bertz CT molecular complexity index is 590. The predicted molar refractivity (Wildman–Crippen MR) is 77.9 cm³/mol. The van der Waals surface area contributed by atoms with Crippen LogP contribution in [0.5, 0.6) is 0 Å². The molecule has 18 heavy (non-hydrogen) atoms. The maximum absolute atomic E-state index is 12.0. The van der Waals surface area contributed by atoms with Crippen LogP contribution in [-0.2, 0) is 0 Å². The van der Waals surface area contributed by atoms with Gasteiger partial charge in [0.25, 0.3) is 5.91 Å². The van der Waals surface area contributed by atoms with Crippen LogP contribution in [0.1, 0.15) is 15.9 Å². The van der Waals surface area contributed by atoms with Gasteiger partial charge in [-0.15, -0.1) is 11.3 Å². The minimum Gasteiger partial charge on any atom is -0.397 e. The summed E-state index contributed by atoms with van der Waals surface area (Å²) in [7, 11) is 0. The third-order valence-electron chi connectivity index (χ3n) is 2.44. The normalized spacial score (nSPS) is 10.4. The highest BCUT2D eigenvalue weighted by Gasteiger charge is 2.16. The van der Waals surface area contributed by atoms with Crippen molar-refractivity contribution in [2.75, 3.05) is 11.1 Å². The van der Waals surface area contributed by atoms with Gasteiger partial charge in [0.1, 0.15) is 4.34 Å². The molecule has 0 aliphatic heterocycles. The maximum atomic E-state index is 12.0. The number of nitrogens with two attached hydrogens (primary N) is 1. The second kappa shape index (κ2) is 5.18. The van der Waals surface area contributed by atoms with Crippen LogP contribution in [0.4, 0.5) is 11.4 Å². The molecule has 0 saturated carbocycles. The number of halogens is 2. The summed E-state index contributed by atoms with van der Waals surface area (Å²) in [4.78, 5) is 12.0. The molecule has 1 amide bonds. The Kier molecular flexibility index (Phi) is 3.80. The van der Waals surface area contributed by atoms with Crippen molar-refractivity contribution in [3.8, 4) is 0 Å². The van der Waals surface area contributed by atoms with Crippen molar-refractivity contribution in [1.29, 1.82) is 0 Å². The number of rotatable bonds is 2.